The number of carbonyl (C=O) groups excluding carboxylic acids is 4. The minimum atomic E-state index is -1.49. The Labute approximate surface area is 161 Å². The Bertz CT molecular complexity index is 616. The average molecular weight is 403 g/mol. The van der Waals surface area contributed by atoms with Gasteiger partial charge in [-0.3, -0.25) is 19.2 Å². The van der Waals surface area contributed by atoms with Crippen LogP contribution in [0.3, 0.4) is 0 Å². The molecular formula is C15H25N5O6S. The molecule has 12 heteroatoms. The molecule has 1 heterocycles. The molecule has 1 aliphatic rings. The van der Waals surface area contributed by atoms with Crippen molar-refractivity contribution in [3.63, 3.8) is 0 Å². The minimum absolute atomic E-state index is 0.138. The number of hydrogen-bond acceptors (Lipinski definition) is 7. The lowest BCUT2D eigenvalue weighted by atomic mass is 10.1. The zero-order valence-corrected chi connectivity index (χ0v) is 15.8. The molecule has 0 radical (unpaired) electrons. The van der Waals surface area contributed by atoms with Gasteiger partial charge in [0.15, 0.2) is 0 Å². The third kappa shape index (κ3) is 6.40. The maximum Gasteiger partial charge on any atom is 0.326 e. The fraction of sp³-hybridized carbons (Fsp3) is 0.667. The van der Waals surface area contributed by atoms with E-state index in [0.717, 1.165) is 0 Å². The number of nitrogens with zero attached hydrogens (tertiary/aromatic N) is 1. The monoisotopic (exact) mass is 403 g/mol. The third-order valence-corrected chi connectivity index (χ3v) is 4.52. The summed E-state index contributed by atoms with van der Waals surface area (Å²) in [5, 5.41) is 13.6. The lowest BCUT2D eigenvalue weighted by molar-refractivity contribution is -0.144. The van der Waals surface area contributed by atoms with Crippen LogP contribution in [0.4, 0.5) is 0 Å². The first-order valence-corrected chi connectivity index (χ1v) is 9.00. The standard InChI is InChI=1S/C15H25N5O6S/c1-7(12(22)19-9(15(25)26)5-11(17)21)18-13(23)10-3-2-4-20(10)14(24)8(16)6-27/h7-10,27H,2-6,16H2,1H3,(H2,17,21)(H,18,23)(H,19,22)(H,25,26). The number of rotatable bonds is 9. The molecular weight excluding hydrogens is 378 g/mol. The molecule has 7 N–H and O–H groups in total. The third-order valence-electron chi connectivity index (χ3n) is 4.12. The summed E-state index contributed by atoms with van der Waals surface area (Å²) in [7, 11) is 0. The van der Waals surface area contributed by atoms with E-state index in [9.17, 15) is 24.0 Å². The fourth-order valence-electron chi connectivity index (χ4n) is 2.67. The van der Waals surface area contributed by atoms with Crippen LogP contribution in [0.5, 0.6) is 0 Å². The molecule has 0 aromatic rings. The van der Waals surface area contributed by atoms with Gasteiger partial charge in [-0.1, -0.05) is 0 Å². The average Bonchev–Trinajstić information content (AvgIpc) is 3.08. The summed E-state index contributed by atoms with van der Waals surface area (Å²) < 4.78 is 0. The number of carboxylic acid groups (broad SMARTS) is 1. The van der Waals surface area contributed by atoms with Crippen molar-refractivity contribution in [3.05, 3.63) is 0 Å². The van der Waals surface area contributed by atoms with Crippen molar-refractivity contribution >= 4 is 42.2 Å². The van der Waals surface area contributed by atoms with Crippen LogP contribution in [-0.2, 0) is 24.0 Å². The molecule has 11 nitrogen and oxygen atoms in total. The number of hydrogen-bond donors (Lipinski definition) is 6. The molecule has 4 unspecified atom stereocenters. The molecule has 4 amide bonds. The molecule has 1 aliphatic heterocycles. The molecule has 0 aromatic heterocycles. The van der Waals surface area contributed by atoms with Gasteiger partial charge in [0.05, 0.1) is 12.5 Å². The predicted molar refractivity (Wildman–Crippen MR) is 97.5 cm³/mol. The SMILES string of the molecule is CC(NC(=O)C1CCCN1C(=O)C(N)CS)C(=O)NC(CC(N)=O)C(=O)O. The molecule has 27 heavy (non-hydrogen) atoms. The van der Waals surface area contributed by atoms with E-state index in [4.69, 9.17) is 16.6 Å². The van der Waals surface area contributed by atoms with Crippen LogP contribution >= 0.6 is 12.6 Å². The highest BCUT2D eigenvalue weighted by molar-refractivity contribution is 7.80. The van der Waals surface area contributed by atoms with Crippen LogP contribution in [0.25, 0.3) is 0 Å². The Morgan fingerprint density at radius 3 is 2.41 bits per heavy atom. The molecule has 0 spiro atoms. The van der Waals surface area contributed by atoms with Crippen molar-refractivity contribution in [1.82, 2.24) is 15.5 Å². The number of nitrogens with one attached hydrogen (secondary N) is 2. The zero-order chi connectivity index (χ0) is 20.7. The van der Waals surface area contributed by atoms with E-state index in [-0.39, 0.29) is 5.75 Å². The maximum absolute atomic E-state index is 12.4. The summed E-state index contributed by atoms with van der Waals surface area (Å²) in [6.45, 7) is 1.73. The highest BCUT2D eigenvalue weighted by Gasteiger charge is 2.37. The van der Waals surface area contributed by atoms with Crippen molar-refractivity contribution in [2.75, 3.05) is 12.3 Å². The highest BCUT2D eigenvalue weighted by Crippen LogP contribution is 2.18. The van der Waals surface area contributed by atoms with E-state index in [1.807, 2.05) is 0 Å². The van der Waals surface area contributed by atoms with E-state index in [2.05, 4.69) is 23.3 Å². The smallest absolute Gasteiger partial charge is 0.326 e. The zero-order valence-electron chi connectivity index (χ0n) is 14.9. The van der Waals surface area contributed by atoms with Crippen molar-refractivity contribution in [3.8, 4) is 0 Å². The summed E-state index contributed by atoms with van der Waals surface area (Å²) in [6, 6.07) is -4.16. The first kappa shape index (κ1) is 22.7. The predicted octanol–water partition coefficient (Wildman–Crippen LogP) is -2.82. The number of amides is 4. The van der Waals surface area contributed by atoms with Gasteiger partial charge in [0, 0.05) is 12.3 Å². The maximum atomic E-state index is 12.4. The molecule has 0 aromatic carbocycles. The molecule has 1 saturated heterocycles. The Balaban J connectivity index is 2.69. The van der Waals surface area contributed by atoms with E-state index in [1.165, 1.54) is 11.8 Å². The van der Waals surface area contributed by atoms with Crippen molar-refractivity contribution in [2.45, 2.75) is 50.4 Å². The van der Waals surface area contributed by atoms with E-state index in [0.29, 0.717) is 19.4 Å². The summed E-state index contributed by atoms with van der Waals surface area (Å²) in [4.78, 5) is 60.1. The van der Waals surface area contributed by atoms with Crippen LogP contribution in [0, 0.1) is 0 Å². The van der Waals surface area contributed by atoms with E-state index >= 15 is 0 Å². The van der Waals surface area contributed by atoms with Crippen LogP contribution < -0.4 is 22.1 Å². The van der Waals surface area contributed by atoms with Gasteiger partial charge >= 0.3 is 5.97 Å². The Morgan fingerprint density at radius 1 is 1.26 bits per heavy atom. The number of likely N-dealkylation sites (tertiary alicyclic amines) is 1. The number of aliphatic carboxylic acids is 1. The van der Waals surface area contributed by atoms with Crippen molar-refractivity contribution in [1.29, 1.82) is 0 Å². The van der Waals surface area contributed by atoms with Crippen LogP contribution in [-0.4, -0.2) is 76.1 Å². The van der Waals surface area contributed by atoms with Gasteiger partial charge in [-0.15, -0.1) is 0 Å². The number of thiol groups is 1. The summed E-state index contributed by atoms with van der Waals surface area (Å²) in [5.74, 6) is -3.91. The summed E-state index contributed by atoms with van der Waals surface area (Å²) >= 11 is 3.98. The molecule has 0 bridgehead atoms. The van der Waals surface area contributed by atoms with Gasteiger partial charge in [0.2, 0.25) is 23.6 Å². The van der Waals surface area contributed by atoms with Crippen molar-refractivity contribution < 1.29 is 29.1 Å². The van der Waals surface area contributed by atoms with E-state index in [1.54, 1.807) is 0 Å². The van der Waals surface area contributed by atoms with Gasteiger partial charge in [-0.05, 0) is 19.8 Å². The lowest BCUT2D eigenvalue weighted by Crippen LogP contribution is -2.56. The molecule has 0 aliphatic carbocycles. The highest BCUT2D eigenvalue weighted by atomic mass is 32.1. The molecule has 152 valence electrons. The number of carbonyl (C=O) groups is 5. The number of nitrogens with two attached hydrogens (primary N) is 2. The van der Waals surface area contributed by atoms with Gasteiger partial charge < -0.3 is 32.1 Å². The first-order chi connectivity index (χ1) is 12.6. The van der Waals surface area contributed by atoms with Gasteiger partial charge in [-0.2, -0.15) is 12.6 Å². The second kappa shape index (κ2) is 10.1. The molecule has 0 saturated carbocycles. The first-order valence-electron chi connectivity index (χ1n) is 8.37. The van der Waals surface area contributed by atoms with Crippen LogP contribution in [0.15, 0.2) is 0 Å². The van der Waals surface area contributed by atoms with Crippen LogP contribution in [0.2, 0.25) is 0 Å². The lowest BCUT2D eigenvalue weighted by Gasteiger charge is -2.27. The van der Waals surface area contributed by atoms with Gasteiger partial charge in [0.1, 0.15) is 18.1 Å². The number of primary amides is 1. The number of carboxylic acids is 1. The normalized spacial score (nSPS) is 19.7. The fourth-order valence-corrected chi connectivity index (χ4v) is 2.82. The summed E-state index contributed by atoms with van der Waals surface area (Å²) in [6.07, 6.45) is 0.461. The Morgan fingerprint density at radius 2 is 1.89 bits per heavy atom. The Hall–Kier alpha value is -2.34. The molecule has 4 atom stereocenters. The second-order valence-corrected chi connectivity index (χ2v) is 6.64. The topological polar surface area (TPSA) is 185 Å². The quantitative estimate of drug-likeness (QED) is 0.224. The second-order valence-electron chi connectivity index (χ2n) is 6.28. The Kier molecular flexibility index (Phi) is 8.50. The largest absolute Gasteiger partial charge is 0.480 e. The van der Waals surface area contributed by atoms with Gasteiger partial charge in [-0.25, -0.2) is 4.79 Å². The molecule has 1 rings (SSSR count). The van der Waals surface area contributed by atoms with E-state index < -0.39 is 60.2 Å². The molecule has 1 fully saturated rings. The van der Waals surface area contributed by atoms with Crippen molar-refractivity contribution in [2.24, 2.45) is 11.5 Å². The summed E-state index contributed by atoms with van der Waals surface area (Å²) in [5.41, 5.74) is 10.6. The van der Waals surface area contributed by atoms with Gasteiger partial charge in [0.25, 0.3) is 0 Å². The van der Waals surface area contributed by atoms with Crippen LogP contribution in [0.1, 0.15) is 26.2 Å². The minimum Gasteiger partial charge on any atom is -0.480 e.